The van der Waals surface area contributed by atoms with Crippen LogP contribution in [0.15, 0.2) is 27.4 Å². The van der Waals surface area contributed by atoms with Gasteiger partial charge in [0, 0.05) is 19.5 Å². The fourth-order valence-corrected chi connectivity index (χ4v) is 0.279. The Morgan fingerprint density at radius 2 is 2.30 bits per heavy atom. The van der Waals surface area contributed by atoms with Crippen LogP contribution >= 0.6 is 0 Å². The van der Waals surface area contributed by atoms with Crippen molar-refractivity contribution in [2.24, 2.45) is 15.1 Å². The van der Waals surface area contributed by atoms with Crippen LogP contribution in [0.25, 0.3) is 0 Å². The molecule has 0 rings (SSSR count). The van der Waals surface area contributed by atoms with Crippen molar-refractivity contribution in [1.29, 1.82) is 0 Å². The number of allylic oxidation sites excluding steroid dienone is 1. The molecule has 1 N–H and O–H groups in total. The maximum absolute atomic E-state index is 3.74. The second-order valence-electron chi connectivity index (χ2n) is 1.29. The summed E-state index contributed by atoms with van der Waals surface area (Å²) in [5.41, 5.74) is 2.55. The van der Waals surface area contributed by atoms with Crippen LogP contribution in [-0.4, -0.2) is 26.3 Å². The van der Waals surface area contributed by atoms with Gasteiger partial charge in [-0.2, -0.15) is 5.10 Å². The molecule has 0 spiro atoms. The summed E-state index contributed by atoms with van der Waals surface area (Å²) >= 11 is 0. The number of hydrazone groups is 1. The van der Waals surface area contributed by atoms with Crippen LogP contribution in [0, 0.1) is 0 Å². The van der Waals surface area contributed by atoms with Crippen molar-refractivity contribution < 1.29 is 0 Å². The molecular weight excluding hydrogens is 128 g/mol. The maximum Gasteiger partial charge on any atom is 0.135 e. The first kappa shape index (κ1) is 8.55. The third-order valence-corrected chi connectivity index (χ3v) is 0.617. The van der Waals surface area contributed by atoms with Gasteiger partial charge in [-0.3, -0.25) is 4.99 Å². The van der Waals surface area contributed by atoms with Gasteiger partial charge in [0.2, 0.25) is 0 Å². The molecule has 0 heterocycles. The summed E-state index contributed by atoms with van der Waals surface area (Å²) in [4.78, 5) is 7.22. The highest BCUT2D eigenvalue weighted by atomic mass is 15.3. The molecule has 4 heteroatoms. The van der Waals surface area contributed by atoms with Gasteiger partial charge >= 0.3 is 0 Å². The van der Waals surface area contributed by atoms with Crippen LogP contribution in [0.1, 0.15) is 0 Å². The quantitative estimate of drug-likeness (QED) is 0.342. The number of rotatable bonds is 4. The summed E-state index contributed by atoms with van der Waals surface area (Å²) in [6.45, 7) is 3.25. The lowest BCUT2D eigenvalue weighted by Gasteiger charge is -1.78. The average Bonchev–Trinajstić information content (AvgIpc) is 1.97. The first-order valence-electron chi connectivity index (χ1n) is 2.74. The standard InChI is InChI=1S/C6H10N4/c1-7-4-3-5-9-6-10-8-2/h3-6,8H,1H2,2H3/b4-3-,9-5+,10-6-. The van der Waals surface area contributed by atoms with Crippen molar-refractivity contribution in [1.82, 2.24) is 5.43 Å². The van der Waals surface area contributed by atoms with Gasteiger partial charge in [-0.1, -0.05) is 0 Å². The number of nitrogens with one attached hydrogen (secondary N) is 1. The third-order valence-electron chi connectivity index (χ3n) is 0.617. The number of hydrogen-bond acceptors (Lipinski definition) is 3. The van der Waals surface area contributed by atoms with E-state index in [1.807, 2.05) is 0 Å². The largest absolute Gasteiger partial charge is 0.312 e. The third kappa shape index (κ3) is 6.55. The smallest absolute Gasteiger partial charge is 0.135 e. The average molecular weight is 138 g/mol. The Balaban J connectivity index is 3.46. The van der Waals surface area contributed by atoms with E-state index in [-0.39, 0.29) is 0 Å². The fourth-order valence-electron chi connectivity index (χ4n) is 0.279. The van der Waals surface area contributed by atoms with E-state index in [0.29, 0.717) is 0 Å². The summed E-state index contributed by atoms with van der Waals surface area (Å²) < 4.78 is 0. The Kier molecular flexibility index (Phi) is 6.46. The van der Waals surface area contributed by atoms with Crippen LogP contribution in [0.5, 0.6) is 0 Å². The Hall–Kier alpha value is -1.45. The molecule has 0 bridgehead atoms. The predicted octanol–water partition coefficient (Wildman–Crippen LogP) is 0.434. The highest BCUT2D eigenvalue weighted by Crippen LogP contribution is 1.67. The second kappa shape index (κ2) is 7.55. The molecule has 54 valence electrons. The molecule has 0 radical (unpaired) electrons. The lowest BCUT2D eigenvalue weighted by Crippen LogP contribution is -1.91. The van der Waals surface area contributed by atoms with Gasteiger partial charge in [-0.15, -0.1) is 0 Å². The molecule has 0 unspecified atom stereocenters. The molecule has 0 aliphatic heterocycles. The van der Waals surface area contributed by atoms with Gasteiger partial charge in [-0.25, -0.2) is 4.99 Å². The molecule has 10 heavy (non-hydrogen) atoms. The Bertz CT molecular complexity index is 157. The summed E-state index contributed by atoms with van der Waals surface area (Å²) in [6.07, 6.45) is 6.16. The van der Waals surface area contributed by atoms with Gasteiger partial charge in [0.25, 0.3) is 0 Å². The highest BCUT2D eigenvalue weighted by molar-refractivity contribution is 5.79. The molecular formula is C6H10N4. The van der Waals surface area contributed by atoms with E-state index in [2.05, 4.69) is 27.2 Å². The first-order chi connectivity index (χ1) is 4.91. The molecule has 0 saturated carbocycles. The van der Waals surface area contributed by atoms with E-state index in [4.69, 9.17) is 0 Å². The Labute approximate surface area is 60.1 Å². The van der Waals surface area contributed by atoms with E-state index >= 15 is 0 Å². The van der Waals surface area contributed by atoms with E-state index in [9.17, 15) is 0 Å². The molecule has 0 saturated heterocycles. The van der Waals surface area contributed by atoms with E-state index < -0.39 is 0 Å². The van der Waals surface area contributed by atoms with Crippen LogP contribution in [0.3, 0.4) is 0 Å². The summed E-state index contributed by atoms with van der Waals surface area (Å²) in [7, 11) is 1.70. The van der Waals surface area contributed by atoms with E-state index in [0.717, 1.165) is 0 Å². The molecule has 0 aromatic rings. The molecule has 0 aromatic heterocycles. The van der Waals surface area contributed by atoms with Crippen molar-refractivity contribution in [2.75, 3.05) is 7.05 Å². The molecule has 0 amide bonds. The fraction of sp³-hybridized carbons (Fsp3) is 0.167. The van der Waals surface area contributed by atoms with Crippen LogP contribution < -0.4 is 5.43 Å². The van der Waals surface area contributed by atoms with E-state index in [1.165, 1.54) is 12.5 Å². The van der Waals surface area contributed by atoms with Crippen LogP contribution in [0.2, 0.25) is 0 Å². The molecule has 4 nitrogen and oxygen atoms in total. The highest BCUT2D eigenvalue weighted by Gasteiger charge is 1.60. The summed E-state index contributed by atoms with van der Waals surface area (Å²) in [5, 5.41) is 3.62. The van der Waals surface area contributed by atoms with Crippen molar-refractivity contribution in [2.45, 2.75) is 0 Å². The molecule has 0 fully saturated rings. The minimum atomic E-state index is 1.40. The molecule has 0 aliphatic rings. The molecule has 0 aromatic carbocycles. The second-order valence-corrected chi connectivity index (χ2v) is 1.29. The Morgan fingerprint density at radius 3 is 2.90 bits per heavy atom. The monoisotopic (exact) mass is 138 g/mol. The summed E-state index contributed by atoms with van der Waals surface area (Å²) in [6, 6.07) is 0. The zero-order valence-corrected chi connectivity index (χ0v) is 5.86. The first-order valence-corrected chi connectivity index (χ1v) is 2.74. The van der Waals surface area contributed by atoms with E-state index in [1.54, 1.807) is 19.3 Å². The molecule has 0 aliphatic carbocycles. The Morgan fingerprint density at radius 1 is 1.50 bits per heavy atom. The van der Waals surface area contributed by atoms with Crippen molar-refractivity contribution in [3.05, 3.63) is 12.3 Å². The topological polar surface area (TPSA) is 49.1 Å². The van der Waals surface area contributed by atoms with Crippen molar-refractivity contribution in [3.8, 4) is 0 Å². The normalized spacial score (nSPS) is 11.7. The number of nitrogens with zero attached hydrogens (tertiary/aromatic N) is 3. The predicted molar refractivity (Wildman–Crippen MR) is 44.7 cm³/mol. The van der Waals surface area contributed by atoms with Gasteiger partial charge in [-0.05, 0) is 12.8 Å². The maximum atomic E-state index is 3.74. The number of hydrogen-bond donors (Lipinski definition) is 1. The lowest BCUT2D eigenvalue weighted by molar-refractivity contribution is 0.905. The minimum Gasteiger partial charge on any atom is -0.312 e. The van der Waals surface area contributed by atoms with Crippen molar-refractivity contribution in [3.63, 3.8) is 0 Å². The molecule has 0 atom stereocenters. The minimum absolute atomic E-state index is 1.40. The van der Waals surface area contributed by atoms with Gasteiger partial charge in [0.15, 0.2) is 0 Å². The zero-order valence-electron chi connectivity index (χ0n) is 5.86. The van der Waals surface area contributed by atoms with Gasteiger partial charge in [0.1, 0.15) is 6.34 Å². The van der Waals surface area contributed by atoms with Crippen molar-refractivity contribution >= 4 is 19.3 Å². The zero-order chi connectivity index (χ0) is 7.66. The van der Waals surface area contributed by atoms with Crippen LogP contribution in [0.4, 0.5) is 0 Å². The van der Waals surface area contributed by atoms with Gasteiger partial charge in [0.05, 0.1) is 0 Å². The van der Waals surface area contributed by atoms with Gasteiger partial charge < -0.3 is 5.43 Å². The lowest BCUT2D eigenvalue weighted by atomic mass is 10.7. The number of aliphatic imine (C=N–C) groups is 2. The summed E-state index contributed by atoms with van der Waals surface area (Å²) in [5.74, 6) is 0. The van der Waals surface area contributed by atoms with Crippen LogP contribution in [-0.2, 0) is 0 Å². The SMILES string of the molecule is C=N\C=C/C=N/C=N\NC.